The summed E-state index contributed by atoms with van der Waals surface area (Å²) >= 11 is 0. The minimum atomic E-state index is -0.474. The van der Waals surface area contributed by atoms with Gasteiger partial charge in [0.1, 0.15) is 11.4 Å². The van der Waals surface area contributed by atoms with Crippen LogP contribution < -0.4 is 10.6 Å². The molecule has 3 rings (SSSR count). The number of nitrogens with zero attached hydrogens (tertiary/aromatic N) is 2. The van der Waals surface area contributed by atoms with Crippen LogP contribution in [-0.4, -0.2) is 61.7 Å². The highest BCUT2D eigenvalue weighted by Crippen LogP contribution is 2.30. The first-order valence-corrected chi connectivity index (χ1v) is 10.0. The molecule has 0 aromatic rings. The van der Waals surface area contributed by atoms with Crippen LogP contribution in [0.5, 0.6) is 0 Å². The first kappa shape index (κ1) is 18.5. The smallest absolute Gasteiger partial charge is 0.407 e. The van der Waals surface area contributed by atoms with Gasteiger partial charge in [0.2, 0.25) is 0 Å². The van der Waals surface area contributed by atoms with Crippen molar-refractivity contribution in [1.82, 2.24) is 15.5 Å². The Morgan fingerprint density at radius 3 is 2.96 bits per heavy atom. The Bertz CT molecular complexity index is 486. The number of hydrogen-bond donors (Lipinski definition) is 2. The van der Waals surface area contributed by atoms with Crippen LogP contribution in [-0.2, 0) is 4.74 Å². The summed E-state index contributed by atoms with van der Waals surface area (Å²) in [5, 5.41) is 6.27. The zero-order chi connectivity index (χ0) is 17.7. The van der Waals surface area contributed by atoms with E-state index in [4.69, 9.17) is 9.73 Å². The molecule has 0 aliphatic carbocycles. The normalized spacial score (nSPS) is 27.3. The molecule has 3 aliphatic heterocycles. The van der Waals surface area contributed by atoms with Gasteiger partial charge < -0.3 is 20.3 Å². The van der Waals surface area contributed by atoms with Gasteiger partial charge in [-0.05, 0) is 65.0 Å². The number of aliphatic imine (C=N–C) groups is 1. The highest BCUT2D eigenvalue weighted by atomic mass is 16.6. The van der Waals surface area contributed by atoms with E-state index in [1.165, 1.54) is 18.7 Å². The standard InChI is InChI=1S/C19H34N4O2/c1-19(2,25-18(24)22-14-15-7-9-20-13-15)12-16-6-3-4-10-23-11-5-8-21-17(16)23/h15-16,20H,3-14H2,1-2H3,(H,22,24)/t15-,16?/m0/s1. The van der Waals surface area contributed by atoms with E-state index >= 15 is 0 Å². The van der Waals surface area contributed by atoms with Crippen LogP contribution in [0, 0.1) is 11.8 Å². The molecule has 0 aromatic heterocycles. The van der Waals surface area contributed by atoms with Crippen molar-refractivity contribution in [3.05, 3.63) is 0 Å². The van der Waals surface area contributed by atoms with Crippen molar-refractivity contribution < 1.29 is 9.53 Å². The first-order valence-electron chi connectivity index (χ1n) is 10.0. The van der Waals surface area contributed by atoms with Crippen molar-refractivity contribution in [2.75, 3.05) is 39.3 Å². The molecule has 2 fully saturated rings. The van der Waals surface area contributed by atoms with Gasteiger partial charge in [-0.3, -0.25) is 4.99 Å². The zero-order valence-electron chi connectivity index (χ0n) is 15.9. The zero-order valence-corrected chi connectivity index (χ0v) is 15.9. The predicted octanol–water partition coefficient (Wildman–Crippen LogP) is 2.40. The lowest BCUT2D eigenvalue weighted by molar-refractivity contribution is 0.0246. The lowest BCUT2D eigenvalue weighted by Crippen LogP contribution is -2.43. The third kappa shape index (κ3) is 5.33. The summed E-state index contributed by atoms with van der Waals surface area (Å²) in [4.78, 5) is 19.5. The second-order valence-electron chi connectivity index (χ2n) is 8.37. The SMILES string of the molecule is CC(C)(CC1CCCCN2CCCN=C12)OC(=O)NC[C@H]1CCNC1. The number of rotatable bonds is 5. The number of amides is 1. The number of fused-ring (bicyclic) bond motifs is 1. The van der Waals surface area contributed by atoms with E-state index in [2.05, 4.69) is 15.5 Å². The number of carbonyl (C=O) groups is 1. The van der Waals surface area contributed by atoms with Gasteiger partial charge in [-0.1, -0.05) is 6.42 Å². The van der Waals surface area contributed by atoms with Crippen LogP contribution in [0.4, 0.5) is 4.79 Å². The van der Waals surface area contributed by atoms with Crippen molar-refractivity contribution in [2.45, 2.75) is 58.0 Å². The predicted molar refractivity (Wildman–Crippen MR) is 100.0 cm³/mol. The van der Waals surface area contributed by atoms with Crippen LogP contribution in [0.15, 0.2) is 4.99 Å². The first-order chi connectivity index (χ1) is 12.0. The van der Waals surface area contributed by atoms with E-state index in [0.29, 0.717) is 18.4 Å². The number of alkyl carbamates (subject to hydrolysis) is 1. The summed E-state index contributed by atoms with van der Waals surface area (Å²) in [7, 11) is 0. The molecule has 3 aliphatic rings. The Morgan fingerprint density at radius 2 is 2.16 bits per heavy atom. The quantitative estimate of drug-likeness (QED) is 0.799. The maximum atomic E-state index is 12.2. The second kappa shape index (κ2) is 8.39. The number of carbonyl (C=O) groups excluding carboxylic acids is 1. The fourth-order valence-corrected chi connectivity index (χ4v) is 4.34. The average molecular weight is 351 g/mol. The third-order valence-electron chi connectivity index (χ3n) is 5.58. The molecule has 0 saturated carbocycles. The summed E-state index contributed by atoms with van der Waals surface area (Å²) in [5.74, 6) is 2.20. The van der Waals surface area contributed by atoms with Crippen molar-refractivity contribution in [1.29, 1.82) is 0 Å². The maximum Gasteiger partial charge on any atom is 0.407 e. The van der Waals surface area contributed by atoms with E-state index in [0.717, 1.165) is 58.4 Å². The van der Waals surface area contributed by atoms with E-state index in [-0.39, 0.29) is 6.09 Å². The Morgan fingerprint density at radius 1 is 1.32 bits per heavy atom. The van der Waals surface area contributed by atoms with E-state index < -0.39 is 5.60 Å². The van der Waals surface area contributed by atoms with E-state index in [1.807, 2.05) is 13.8 Å². The molecule has 6 nitrogen and oxygen atoms in total. The fourth-order valence-electron chi connectivity index (χ4n) is 4.34. The number of ether oxygens (including phenoxy) is 1. The molecule has 0 radical (unpaired) electrons. The molecule has 1 amide bonds. The third-order valence-corrected chi connectivity index (χ3v) is 5.58. The van der Waals surface area contributed by atoms with Crippen LogP contribution >= 0.6 is 0 Å². The van der Waals surface area contributed by atoms with Crippen LogP contribution in [0.2, 0.25) is 0 Å². The minimum absolute atomic E-state index is 0.284. The van der Waals surface area contributed by atoms with Crippen LogP contribution in [0.25, 0.3) is 0 Å². The lowest BCUT2D eigenvalue weighted by Gasteiger charge is -2.35. The molecule has 0 bridgehead atoms. The molecular weight excluding hydrogens is 316 g/mol. The van der Waals surface area contributed by atoms with Gasteiger partial charge in [0.25, 0.3) is 0 Å². The highest BCUT2D eigenvalue weighted by molar-refractivity contribution is 5.85. The highest BCUT2D eigenvalue weighted by Gasteiger charge is 2.33. The second-order valence-corrected chi connectivity index (χ2v) is 8.37. The Kier molecular flexibility index (Phi) is 6.20. The molecule has 1 unspecified atom stereocenters. The van der Waals surface area contributed by atoms with Gasteiger partial charge in [0.05, 0.1) is 0 Å². The fraction of sp³-hybridized carbons (Fsp3) is 0.895. The average Bonchev–Trinajstić information content (AvgIpc) is 3.02. The summed E-state index contributed by atoms with van der Waals surface area (Å²) < 4.78 is 5.78. The van der Waals surface area contributed by atoms with Crippen molar-refractivity contribution >= 4 is 11.9 Å². The molecule has 2 atom stereocenters. The van der Waals surface area contributed by atoms with E-state index in [1.54, 1.807) is 0 Å². The molecule has 25 heavy (non-hydrogen) atoms. The van der Waals surface area contributed by atoms with Crippen molar-refractivity contribution in [3.8, 4) is 0 Å². The van der Waals surface area contributed by atoms with Gasteiger partial charge in [0.15, 0.2) is 0 Å². The molecule has 2 saturated heterocycles. The summed E-state index contributed by atoms with van der Waals surface area (Å²) in [6, 6.07) is 0. The molecule has 0 aromatic carbocycles. The van der Waals surface area contributed by atoms with Gasteiger partial charge in [-0.15, -0.1) is 0 Å². The molecule has 3 heterocycles. The topological polar surface area (TPSA) is 66.0 Å². The summed E-state index contributed by atoms with van der Waals surface area (Å²) in [6.07, 6.45) is 6.48. The van der Waals surface area contributed by atoms with Gasteiger partial charge >= 0.3 is 6.09 Å². The van der Waals surface area contributed by atoms with Crippen LogP contribution in [0.3, 0.4) is 0 Å². The van der Waals surface area contributed by atoms with E-state index in [9.17, 15) is 4.79 Å². The lowest BCUT2D eigenvalue weighted by atomic mass is 9.88. The number of nitrogens with one attached hydrogen (secondary N) is 2. The monoisotopic (exact) mass is 350 g/mol. The van der Waals surface area contributed by atoms with Crippen molar-refractivity contribution in [3.63, 3.8) is 0 Å². The minimum Gasteiger partial charge on any atom is -0.444 e. The Balaban J connectivity index is 1.52. The van der Waals surface area contributed by atoms with Gasteiger partial charge in [-0.2, -0.15) is 0 Å². The molecule has 6 heteroatoms. The summed E-state index contributed by atoms with van der Waals surface area (Å²) in [5.41, 5.74) is -0.474. The number of amidine groups is 1. The molecule has 0 spiro atoms. The summed E-state index contributed by atoms with van der Waals surface area (Å²) in [6.45, 7) is 10.0. The Hall–Kier alpha value is -1.30. The van der Waals surface area contributed by atoms with Gasteiger partial charge in [-0.25, -0.2) is 4.79 Å². The van der Waals surface area contributed by atoms with Crippen molar-refractivity contribution in [2.24, 2.45) is 16.8 Å². The Labute approximate surface area is 151 Å². The maximum absolute atomic E-state index is 12.2. The van der Waals surface area contributed by atoms with Crippen LogP contribution in [0.1, 0.15) is 52.4 Å². The molecular formula is C19H34N4O2. The largest absolute Gasteiger partial charge is 0.444 e. The molecule has 142 valence electrons. The van der Waals surface area contributed by atoms with Gasteiger partial charge in [0, 0.05) is 32.1 Å². The number of hydrogen-bond acceptors (Lipinski definition) is 5. The molecule has 2 N–H and O–H groups in total.